The topological polar surface area (TPSA) is 78.1 Å². The van der Waals surface area contributed by atoms with Gasteiger partial charge in [0.25, 0.3) is 0 Å². The van der Waals surface area contributed by atoms with Crippen molar-refractivity contribution in [3.63, 3.8) is 0 Å². The van der Waals surface area contributed by atoms with Gasteiger partial charge < -0.3 is 24.6 Å². The Morgan fingerprint density at radius 3 is 2.69 bits per heavy atom. The van der Waals surface area contributed by atoms with E-state index in [1.807, 2.05) is 44.8 Å². The molecule has 0 unspecified atom stereocenters. The molecule has 2 fully saturated rings. The summed E-state index contributed by atoms with van der Waals surface area (Å²) in [5.74, 6) is -0.405. The predicted molar refractivity (Wildman–Crippen MR) is 158 cm³/mol. The maximum Gasteiger partial charge on any atom is 0.320 e. The number of hydrogen-bond acceptors (Lipinski definition) is 5. The molecule has 10 heteroatoms. The van der Waals surface area contributed by atoms with Gasteiger partial charge in [-0.05, 0) is 68.1 Å². The zero-order chi connectivity index (χ0) is 28.6. The number of halogens is 1. The summed E-state index contributed by atoms with van der Waals surface area (Å²) in [5.41, 5.74) is 5.54. The summed E-state index contributed by atoms with van der Waals surface area (Å²) in [4.78, 5) is 37.8. The lowest BCUT2D eigenvalue weighted by molar-refractivity contribution is -0.112. The summed E-state index contributed by atoms with van der Waals surface area (Å²) in [6, 6.07) is 8.87. The molecule has 2 saturated heterocycles. The van der Waals surface area contributed by atoms with E-state index in [1.54, 1.807) is 12.3 Å². The van der Waals surface area contributed by atoms with E-state index in [4.69, 9.17) is 0 Å². The van der Waals surface area contributed by atoms with Gasteiger partial charge in [0.2, 0.25) is 0 Å². The zero-order valence-electron chi connectivity index (χ0n) is 23.8. The third-order valence-corrected chi connectivity index (χ3v) is 9.88. The van der Waals surface area contributed by atoms with E-state index in [1.165, 1.54) is 12.5 Å². The number of carbonyl (C=O) groups is 2. The molecule has 42 heavy (non-hydrogen) atoms. The van der Waals surface area contributed by atoms with Gasteiger partial charge in [0, 0.05) is 62.6 Å². The highest BCUT2D eigenvalue weighted by Gasteiger charge is 2.41. The van der Waals surface area contributed by atoms with Crippen LogP contribution in [0.4, 0.5) is 9.18 Å². The van der Waals surface area contributed by atoms with Gasteiger partial charge in [-0.15, -0.1) is 0 Å². The van der Waals surface area contributed by atoms with Crippen molar-refractivity contribution in [1.82, 2.24) is 34.0 Å². The van der Waals surface area contributed by atoms with Crippen LogP contribution >= 0.6 is 0 Å². The predicted octanol–water partition coefficient (Wildman–Crippen LogP) is 3.82. The van der Waals surface area contributed by atoms with Crippen molar-refractivity contribution in [3.05, 3.63) is 71.6 Å². The first kappa shape index (κ1) is 25.5. The molecule has 9 nitrogen and oxygen atoms in total. The van der Waals surface area contributed by atoms with Crippen LogP contribution in [0.25, 0.3) is 27.8 Å². The number of amides is 2. The fourth-order valence-electron chi connectivity index (χ4n) is 7.71. The van der Waals surface area contributed by atoms with Crippen molar-refractivity contribution in [2.75, 3.05) is 46.3 Å². The lowest BCUT2D eigenvalue weighted by Gasteiger charge is -2.41. The first-order valence-electron chi connectivity index (χ1n) is 14.9. The molecule has 1 N–H and O–H groups in total. The number of rotatable bonds is 2. The quantitative estimate of drug-likeness (QED) is 0.399. The first-order chi connectivity index (χ1) is 20.4. The Hall–Kier alpha value is -4.18. The molecule has 8 rings (SSSR count). The molecule has 0 radical (unpaired) electrons. The molecule has 1 spiro atoms. The average Bonchev–Trinajstić information content (AvgIpc) is 3.73. The van der Waals surface area contributed by atoms with Gasteiger partial charge >= 0.3 is 6.03 Å². The minimum atomic E-state index is -0.369. The molecule has 4 aliphatic rings. The molecule has 0 bridgehead atoms. The highest BCUT2D eigenvalue weighted by atomic mass is 19.1. The molecule has 7 heterocycles. The van der Waals surface area contributed by atoms with E-state index in [2.05, 4.69) is 26.8 Å². The minimum absolute atomic E-state index is 0.0346. The van der Waals surface area contributed by atoms with Crippen LogP contribution in [-0.4, -0.2) is 86.8 Å². The monoisotopic (exact) mass is 567 g/mol. The van der Waals surface area contributed by atoms with E-state index in [0.717, 1.165) is 61.4 Å². The number of hydrogen-bond donors (Lipinski definition) is 1. The van der Waals surface area contributed by atoms with Gasteiger partial charge in [-0.25, -0.2) is 14.2 Å². The molecular formula is C32H34FN7O2. The Kier molecular flexibility index (Phi) is 5.72. The molecule has 0 saturated carbocycles. The number of likely N-dealkylation sites (tertiary alicyclic amines) is 2. The summed E-state index contributed by atoms with van der Waals surface area (Å²) >= 11 is 0. The van der Waals surface area contributed by atoms with Crippen LogP contribution < -0.4 is 5.32 Å². The Morgan fingerprint density at radius 1 is 1.05 bits per heavy atom. The van der Waals surface area contributed by atoms with E-state index in [-0.39, 0.29) is 24.2 Å². The van der Waals surface area contributed by atoms with E-state index in [9.17, 15) is 9.59 Å². The second-order valence-electron chi connectivity index (χ2n) is 12.5. The highest BCUT2D eigenvalue weighted by molar-refractivity contribution is 6.33. The number of benzene rings is 1. The fourth-order valence-corrected chi connectivity index (χ4v) is 7.71. The van der Waals surface area contributed by atoms with E-state index in [0.29, 0.717) is 47.3 Å². The molecule has 2 amide bonds. The van der Waals surface area contributed by atoms with Crippen molar-refractivity contribution in [2.24, 2.45) is 5.41 Å². The number of nitrogens with zero attached hydrogens (tertiary/aromatic N) is 6. The van der Waals surface area contributed by atoms with E-state index < -0.39 is 0 Å². The number of imidazole rings is 1. The van der Waals surface area contributed by atoms with E-state index >= 15 is 4.39 Å². The maximum atomic E-state index is 15.2. The lowest BCUT2D eigenvalue weighted by Crippen LogP contribution is -2.49. The van der Waals surface area contributed by atoms with Crippen molar-refractivity contribution < 1.29 is 14.0 Å². The van der Waals surface area contributed by atoms with Crippen molar-refractivity contribution in [1.29, 1.82) is 0 Å². The number of aromatic nitrogens is 3. The second-order valence-corrected chi connectivity index (χ2v) is 12.5. The Labute approximate surface area is 243 Å². The fraction of sp³-hybridized carbons (Fsp3) is 0.406. The smallest absolute Gasteiger partial charge is 0.320 e. The second kappa shape index (κ2) is 9.42. The van der Waals surface area contributed by atoms with Crippen LogP contribution in [0.1, 0.15) is 36.1 Å². The normalized spacial score (nSPS) is 20.8. The maximum absolute atomic E-state index is 15.2. The molecule has 3 aromatic heterocycles. The van der Waals surface area contributed by atoms with Crippen LogP contribution in [0.2, 0.25) is 0 Å². The Morgan fingerprint density at radius 2 is 1.88 bits per heavy atom. The third kappa shape index (κ3) is 3.95. The molecule has 4 aliphatic heterocycles. The van der Waals surface area contributed by atoms with Crippen LogP contribution in [0.3, 0.4) is 0 Å². The van der Waals surface area contributed by atoms with Crippen LogP contribution in [0, 0.1) is 11.2 Å². The molecule has 0 aliphatic carbocycles. The average molecular weight is 568 g/mol. The molecule has 216 valence electrons. The molecule has 4 aromatic rings. The van der Waals surface area contributed by atoms with Crippen LogP contribution in [0.15, 0.2) is 48.9 Å². The number of urea groups is 1. The number of nitrogens with one attached hydrogen (secondary N) is 1. The van der Waals surface area contributed by atoms with Gasteiger partial charge in [0.15, 0.2) is 5.78 Å². The lowest BCUT2D eigenvalue weighted by atomic mass is 9.78. The van der Waals surface area contributed by atoms with Crippen molar-refractivity contribution in [2.45, 2.75) is 32.4 Å². The highest BCUT2D eigenvalue weighted by Crippen LogP contribution is 2.41. The standard InChI is InChI=1S/C32H34FN7O2/c1-36-9-5-32(20-36)6-10-37(11-7-32)31(42)39-13-12-38-19-24(23-15-22(33)14-21(18-39)30(23)38)28-26(41)17-35-29(28)25-16-34-27-4-2-3-8-40(25)27/h2-4,8,14-16,19,35H,5-7,9-13,17-18,20H2,1H3. The SMILES string of the molecule is CN1CCC2(CCN(C(=O)N3CCn4cc(C5=C(c6cnc7ccccn67)NCC5=O)c5cc(F)cc(c54)C3)CC2)C1. The molecule has 1 aromatic carbocycles. The third-order valence-electron chi connectivity index (χ3n) is 9.88. The number of ketones is 1. The van der Waals surface area contributed by atoms with Gasteiger partial charge in [0.05, 0.1) is 35.2 Å². The zero-order valence-corrected chi connectivity index (χ0v) is 23.8. The largest absolute Gasteiger partial charge is 0.375 e. The van der Waals surface area contributed by atoms with Gasteiger partial charge in [-0.3, -0.25) is 9.20 Å². The summed E-state index contributed by atoms with van der Waals surface area (Å²) in [6.07, 6.45) is 8.94. The number of fused-ring (bicyclic) bond motifs is 1. The summed E-state index contributed by atoms with van der Waals surface area (Å²) in [5, 5.41) is 3.98. The summed E-state index contributed by atoms with van der Waals surface area (Å²) in [6.45, 7) is 5.40. The molecule has 0 atom stereocenters. The first-order valence-corrected chi connectivity index (χ1v) is 14.9. The number of Topliss-reactive ketones (excluding diaryl/α,β-unsaturated/α-hetero) is 1. The van der Waals surface area contributed by atoms with Gasteiger partial charge in [-0.2, -0.15) is 0 Å². The minimum Gasteiger partial charge on any atom is -0.375 e. The van der Waals surface area contributed by atoms with Crippen LogP contribution in [-0.2, 0) is 17.9 Å². The van der Waals surface area contributed by atoms with Gasteiger partial charge in [0.1, 0.15) is 11.5 Å². The summed E-state index contributed by atoms with van der Waals surface area (Å²) in [7, 11) is 2.18. The van der Waals surface area contributed by atoms with Gasteiger partial charge in [-0.1, -0.05) is 6.07 Å². The number of pyridine rings is 1. The number of carbonyl (C=O) groups excluding carboxylic acids is 2. The Balaban J connectivity index is 1.13. The Bertz CT molecular complexity index is 1790. The van der Waals surface area contributed by atoms with Crippen LogP contribution in [0.5, 0.6) is 0 Å². The van der Waals surface area contributed by atoms with Crippen molar-refractivity contribution >= 4 is 39.6 Å². The summed E-state index contributed by atoms with van der Waals surface area (Å²) < 4.78 is 19.3. The van der Waals surface area contributed by atoms with Crippen molar-refractivity contribution in [3.8, 4) is 0 Å². The number of piperidine rings is 1. The molecular weight excluding hydrogens is 533 g/mol.